The highest BCUT2D eigenvalue weighted by Gasteiger charge is 2.32. The molecule has 2 aromatic rings. The van der Waals surface area contributed by atoms with Crippen molar-refractivity contribution in [3.05, 3.63) is 59.2 Å². The summed E-state index contributed by atoms with van der Waals surface area (Å²) in [6.07, 6.45) is 0. The van der Waals surface area contributed by atoms with Gasteiger partial charge in [0.2, 0.25) is 12.7 Å². The van der Waals surface area contributed by atoms with E-state index in [1.54, 1.807) is 6.07 Å². The van der Waals surface area contributed by atoms with Gasteiger partial charge in [-0.15, -0.1) is 0 Å². The molecule has 2 aliphatic rings. The number of hydrogen-bond donors (Lipinski definition) is 1. The average Bonchev–Trinajstić information content (AvgIpc) is 3.16. The van der Waals surface area contributed by atoms with Crippen molar-refractivity contribution < 1.29 is 19.1 Å². The fourth-order valence-corrected chi connectivity index (χ4v) is 3.80. The number of amides is 2. The minimum absolute atomic E-state index is 0.0245. The van der Waals surface area contributed by atoms with Crippen molar-refractivity contribution in [1.82, 2.24) is 9.80 Å². The highest BCUT2D eigenvalue weighted by atomic mass is 16.7. The molecule has 2 aromatic carbocycles. The molecule has 7 heteroatoms. The van der Waals surface area contributed by atoms with Crippen LogP contribution < -0.4 is 15.2 Å². The summed E-state index contributed by atoms with van der Waals surface area (Å²) >= 11 is 0. The lowest BCUT2D eigenvalue weighted by Crippen LogP contribution is -2.52. The number of ether oxygens (including phenoxy) is 2. The van der Waals surface area contributed by atoms with E-state index in [2.05, 4.69) is 0 Å². The van der Waals surface area contributed by atoms with Gasteiger partial charge in [0.1, 0.15) is 6.04 Å². The van der Waals surface area contributed by atoms with Gasteiger partial charge in [0.15, 0.2) is 11.5 Å². The molecule has 1 saturated heterocycles. The predicted octanol–water partition coefficient (Wildman–Crippen LogP) is 1.71. The van der Waals surface area contributed by atoms with E-state index in [0.717, 1.165) is 16.7 Å². The molecule has 1 fully saturated rings. The highest BCUT2D eigenvalue weighted by Crippen LogP contribution is 2.35. The van der Waals surface area contributed by atoms with Gasteiger partial charge in [-0.3, -0.25) is 14.5 Å². The number of nitrogens with zero attached hydrogens (tertiary/aromatic N) is 2. The quantitative estimate of drug-likeness (QED) is 0.872. The first-order valence-corrected chi connectivity index (χ1v) is 9.32. The molecule has 7 nitrogen and oxygen atoms in total. The Bertz CT molecular complexity index is 906. The van der Waals surface area contributed by atoms with E-state index in [9.17, 15) is 9.59 Å². The summed E-state index contributed by atoms with van der Waals surface area (Å²) in [7, 11) is 0. The van der Waals surface area contributed by atoms with Crippen LogP contribution in [-0.2, 0) is 4.79 Å². The van der Waals surface area contributed by atoms with Gasteiger partial charge in [-0.1, -0.05) is 24.3 Å². The summed E-state index contributed by atoms with van der Waals surface area (Å²) < 4.78 is 10.8. The second kappa shape index (κ2) is 7.52. The van der Waals surface area contributed by atoms with Crippen LogP contribution in [0.1, 0.15) is 27.5 Å². The van der Waals surface area contributed by atoms with Crippen LogP contribution in [0, 0.1) is 6.92 Å². The fourth-order valence-electron chi connectivity index (χ4n) is 3.80. The molecule has 2 N–H and O–H groups in total. The van der Waals surface area contributed by atoms with Gasteiger partial charge in [-0.05, 0) is 36.2 Å². The van der Waals surface area contributed by atoms with Crippen LogP contribution in [0.15, 0.2) is 42.5 Å². The molecule has 2 amide bonds. The van der Waals surface area contributed by atoms with Crippen molar-refractivity contribution in [2.24, 2.45) is 5.73 Å². The number of hydrogen-bond acceptors (Lipinski definition) is 5. The molecule has 0 aromatic heterocycles. The number of nitrogens with two attached hydrogens (primary N) is 1. The van der Waals surface area contributed by atoms with Crippen molar-refractivity contribution in [2.75, 3.05) is 33.0 Å². The molecule has 146 valence electrons. The standard InChI is InChI=1S/C21H23N3O4/c1-14-4-2-3-5-16(14)21(26)24-10-8-23(9-11-24)19(20(22)25)15-6-7-17-18(12-15)28-13-27-17/h2-7,12,19H,8-11,13H2,1H3,(H2,22,25). The summed E-state index contributed by atoms with van der Waals surface area (Å²) in [6.45, 7) is 4.34. The first kappa shape index (κ1) is 18.3. The predicted molar refractivity (Wildman–Crippen MR) is 103 cm³/mol. The average molecular weight is 381 g/mol. The molecule has 0 radical (unpaired) electrons. The van der Waals surface area contributed by atoms with E-state index in [4.69, 9.17) is 15.2 Å². The third kappa shape index (κ3) is 3.41. The van der Waals surface area contributed by atoms with Gasteiger partial charge in [-0.25, -0.2) is 0 Å². The molecule has 0 spiro atoms. The van der Waals surface area contributed by atoms with Gasteiger partial charge >= 0.3 is 0 Å². The monoisotopic (exact) mass is 381 g/mol. The Labute approximate surface area is 163 Å². The second-order valence-electron chi connectivity index (χ2n) is 7.06. The molecule has 4 rings (SSSR count). The number of rotatable bonds is 4. The Morgan fingerprint density at radius 3 is 2.43 bits per heavy atom. The van der Waals surface area contributed by atoms with Gasteiger partial charge < -0.3 is 20.1 Å². The molecule has 0 aliphatic carbocycles. The normalized spacial score (nSPS) is 17.4. The van der Waals surface area contributed by atoms with Gasteiger partial charge in [-0.2, -0.15) is 0 Å². The molecule has 2 aliphatic heterocycles. The Morgan fingerprint density at radius 2 is 1.71 bits per heavy atom. The van der Waals surface area contributed by atoms with Crippen molar-refractivity contribution >= 4 is 11.8 Å². The summed E-state index contributed by atoms with van der Waals surface area (Å²) in [5.41, 5.74) is 8.17. The number of primary amides is 1. The van der Waals surface area contributed by atoms with Crippen LogP contribution >= 0.6 is 0 Å². The molecule has 1 atom stereocenters. The van der Waals surface area contributed by atoms with Crippen LogP contribution in [0.2, 0.25) is 0 Å². The van der Waals surface area contributed by atoms with Crippen molar-refractivity contribution in [3.8, 4) is 11.5 Å². The molecule has 28 heavy (non-hydrogen) atoms. The molecule has 2 heterocycles. The first-order valence-electron chi connectivity index (χ1n) is 9.32. The third-order valence-electron chi connectivity index (χ3n) is 5.32. The van der Waals surface area contributed by atoms with Crippen molar-refractivity contribution in [3.63, 3.8) is 0 Å². The Kier molecular flexibility index (Phi) is 4.92. The van der Waals surface area contributed by atoms with Gasteiger partial charge in [0.05, 0.1) is 0 Å². The number of fused-ring (bicyclic) bond motifs is 1. The molecule has 0 bridgehead atoms. The van der Waals surface area contributed by atoms with E-state index < -0.39 is 11.9 Å². The topological polar surface area (TPSA) is 85.1 Å². The number of benzene rings is 2. The minimum atomic E-state index is -0.565. The van der Waals surface area contributed by atoms with E-state index >= 15 is 0 Å². The van der Waals surface area contributed by atoms with Crippen molar-refractivity contribution in [2.45, 2.75) is 13.0 Å². The summed E-state index contributed by atoms with van der Waals surface area (Å²) in [5.74, 6) is 0.895. The zero-order chi connectivity index (χ0) is 19.7. The minimum Gasteiger partial charge on any atom is -0.454 e. The molecular weight excluding hydrogens is 358 g/mol. The maximum absolute atomic E-state index is 12.8. The van der Waals surface area contributed by atoms with Gasteiger partial charge in [0, 0.05) is 31.7 Å². The number of carbonyl (C=O) groups excluding carboxylic acids is 2. The Hall–Kier alpha value is -3.06. The Balaban J connectivity index is 1.47. The molecular formula is C21H23N3O4. The maximum atomic E-state index is 12.8. The lowest BCUT2D eigenvalue weighted by Gasteiger charge is -2.38. The Morgan fingerprint density at radius 1 is 1.00 bits per heavy atom. The van der Waals surface area contributed by atoms with Crippen LogP contribution in [0.25, 0.3) is 0 Å². The largest absolute Gasteiger partial charge is 0.454 e. The van der Waals surface area contributed by atoms with Crippen LogP contribution in [-0.4, -0.2) is 54.6 Å². The number of carbonyl (C=O) groups is 2. The van der Waals surface area contributed by atoms with E-state index in [0.29, 0.717) is 37.7 Å². The second-order valence-corrected chi connectivity index (χ2v) is 7.06. The highest BCUT2D eigenvalue weighted by molar-refractivity contribution is 5.95. The van der Waals surface area contributed by atoms with Crippen LogP contribution in [0.4, 0.5) is 0 Å². The fraction of sp³-hybridized carbons (Fsp3) is 0.333. The first-order chi connectivity index (χ1) is 13.5. The number of aryl methyl sites for hydroxylation is 1. The van der Waals surface area contributed by atoms with E-state index in [-0.39, 0.29) is 12.7 Å². The lowest BCUT2D eigenvalue weighted by molar-refractivity contribution is -0.124. The number of piperazine rings is 1. The zero-order valence-electron chi connectivity index (χ0n) is 15.8. The third-order valence-corrected chi connectivity index (χ3v) is 5.32. The summed E-state index contributed by atoms with van der Waals surface area (Å²) in [4.78, 5) is 28.9. The van der Waals surface area contributed by atoms with Crippen molar-refractivity contribution in [1.29, 1.82) is 0 Å². The van der Waals surface area contributed by atoms with Crippen LogP contribution in [0.3, 0.4) is 0 Å². The molecule has 0 saturated carbocycles. The smallest absolute Gasteiger partial charge is 0.254 e. The summed E-state index contributed by atoms with van der Waals surface area (Å²) in [5, 5.41) is 0. The van der Waals surface area contributed by atoms with E-state index in [1.165, 1.54) is 0 Å². The van der Waals surface area contributed by atoms with Gasteiger partial charge in [0.25, 0.3) is 5.91 Å². The lowest BCUT2D eigenvalue weighted by atomic mass is 10.0. The van der Waals surface area contributed by atoms with E-state index in [1.807, 2.05) is 53.1 Å². The maximum Gasteiger partial charge on any atom is 0.254 e. The summed E-state index contributed by atoms with van der Waals surface area (Å²) in [6, 6.07) is 12.5. The zero-order valence-corrected chi connectivity index (χ0v) is 15.8. The molecule has 1 unspecified atom stereocenters. The SMILES string of the molecule is Cc1ccccc1C(=O)N1CCN(C(C(N)=O)c2ccc3c(c2)OCO3)CC1. The van der Waals surface area contributed by atoms with Crippen LogP contribution in [0.5, 0.6) is 11.5 Å².